The van der Waals surface area contributed by atoms with Gasteiger partial charge in [-0.05, 0) is 12.1 Å². The van der Waals surface area contributed by atoms with E-state index in [1.807, 2.05) is 12.1 Å². The highest BCUT2D eigenvalue weighted by atomic mass is 16.5. The van der Waals surface area contributed by atoms with Gasteiger partial charge in [-0.1, -0.05) is 12.1 Å². The molecule has 74 valence electrons. The lowest BCUT2D eigenvalue weighted by molar-refractivity contribution is 0.303. The largest absolute Gasteiger partial charge is 0.493 e. The molecular weight excluding hydrogens is 182 g/mol. The van der Waals surface area contributed by atoms with Crippen LogP contribution in [0, 0.1) is 0 Å². The van der Waals surface area contributed by atoms with Crippen molar-refractivity contribution < 1.29 is 14.3 Å². The molecule has 0 N–H and O–H groups in total. The number of isocyanates is 1. The Morgan fingerprint density at radius 3 is 2.71 bits per heavy atom. The van der Waals surface area contributed by atoms with Crippen molar-refractivity contribution in [3.63, 3.8) is 0 Å². The number of hydrogen-bond acceptors (Lipinski definition) is 4. The number of nitrogens with zero attached hydrogens (tertiary/aromatic N) is 1. The van der Waals surface area contributed by atoms with E-state index in [2.05, 4.69) is 4.99 Å². The number of para-hydroxylation sites is 2. The average Bonchev–Trinajstić information content (AvgIpc) is 2.25. The van der Waals surface area contributed by atoms with Crippen LogP contribution in [0.4, 0.5) is 0 Å². The standard InChI is InChI=1S/C10H11NO3/c1-13-9-4-2-3-5-10(9)14-7-6-11-8-12/h2-5H,6-7H2,1H3. The third kappa shape index (κ3) is 2.92. The lowest BCUT2D eigenvalue weighted by Gasteiger charge is -2.08. The highest BCUT2D eigenvalue weighted by Gasteiger charge is 2.00. The summed E-state index contributed by atoms with van der Waals surface area (Å²) in [5.74, 6) is 1.32. The molecule has 0 heterocycles. The van der Waals surface area contributed by atoms with E-state index in [4.69, 9.17) is 9.47 Å². The van der Waals surface area contributed by atoms with Gasteiger partial charge in [0.2, 0.25) is 6.08 Å². The Morgan fingerprint density at radius 1 is 1.36 bits per heavy atom. The Balaban J connectivity index is 2.52. The second-order valence-corrected chi connectivity index (χ2v) is 2.47. The summed E-state index contributed by atoms with van der Waals surface area (Å²) in [6, 6.07) is 7.30. The molecule has 0 atom stereocenters. The summed E-state index contributed by atoms with van der Waals surface area (Å²) in [5.41, 5.74) is 0. The first-order chi connectivity index (χ1) is 6.88. The van der Waals surface area contributed by atoms with Gasteiger partial charge in [0.25, 0.3) is 0 Å². The fraction of sp³-hybridized carbons (Fsp3) is 0.300. The Labute approximate surface area is 82.2 Å². The number of carbonyl (C=O) groups excluding carboxylic acids is 1. The number of methoxy groups -OCH3 is 1. The first kappa shape index (κ1) is 10.3. The molecule has 0 aromatic heterocycles. The summed E-state index contributed by atoms with van der Waals surface area (Å²) in [6.45, 7) is 0.650. The molecule has 4 nitrogen and oxygen atoms in total. The Bertz CT molecular complexity index is 332. The monoisotopic (exact) mass is 193 g/mol. The van der Waals surface area contributed by atoms with E-state index in [1.165, 1.54) is 6.08 Å². The molecule has 0 unspecified atom stereocenters. The maximum Gasteiger partial charge on any atom is 0.235 e. The van der Waals surface area contributed by atoms with Gasteiger partial charge in [-0.2, -0.15) is 0 Å². The molecule has 4 heteroatoms. The fourth-order valence-electron chi connectivity index (χ4n) is 0.985. The van der Waals surface area contributed by atoms with Crippen LogP contribution in [0.5, 0.6) is 11.5 Å². The Morgan fingerprint density at radius 2 is 2.07 bits per heavy atom. The van der Waals surface area contributed by atoms with Crippen LogP contribution in [-0.2, 0) is 4.79 Å². The van der Waals surface area contributed by atoms with E-state index < -0.39 is 0 Å². The van der Waals surface area contributed by atoms with E-state index in [-0.39, 0.29) is 0 Å². The zero-order valence-corrected chi connectivity index (χ0v) is 7.90. The number of hydrogen-bond donors (Lipinski definition) is 0. The minimum atomic E-state index is 0.307. The van der Waals surface area contributed by atoms with Crippen molar-refractivity contribution in [2.24, 2.45) is 4.99 Å². The van der Waals surface area contributed by atoms with Crippen molar-refractivity contribution in [1.82, 2.24) is 0 Å². The SMILES string of the molecule is COc1ccccc1OCCN=C=O. The lowest BCUT2D eigenvalue weighted by atomic mass is 10.3. The second kappa shape index (κ2) is 5.78. The van der Waals surface area contributed by atoms with Crippen LogP contribution in [0.15, 0.2) is 29.3 Å². The molecule has 1 aromatic carbocycles. The Kier molecular flexibility index (Phi) is 4.24. The van der Waals surface area contributed by atoms with Gasteiger partial charge >= 0.3 is 0 Å². The van der Waals surface area contributed by atoms with Crippen molar-refractivity contribution in [1.29, 1.82) is 0 Å². The summed E-state index contributed by atoms with van der Waals surface area (Å²) >= 11 is 0. The molecule has 0 aliphatic rings. The Hall–Kier alpha value is -1.80. The van der Waals surface area contributed by atoms with Crippen LogP contribution in [0.25, 0.3) is 0 Å². The smallest absolute Gasteiger partial charge is 0.235 e. The van der Waals surface area contributed by atoms with Crippen LogP contribution in [0.1, 0.15) is 0 Å². The molecule has 14 heavy (non-hydrogen) atoms. The molecule has 0 spiro atoms. The van der Waals surface area contributed by atoms with Crippen LogP contribution in [0.3, 0.4) is 0 Å². The number of aliphatic imine (C=N–C) groups is 1. The average molecular weight is 193 g/mol. The highest BCUT2D eigenvalue weighted by Crippen LogP contribution is 2.25. The third-order valence-corrected chi connectivity index (χ3v) is 1.59. The quantitative estimate of drug-likeness (QED) is 0.403. The number of benzene rings is 1. The van der Waals surface area contributed by atoms with Crippen LogP contribution >= 0.6 is 0 Å². The lowest BCUT2D eigenvalue weighted by Crippen LogP contribution is -2.01. The van der Waals surface area contributed by atoms with Crippen molar-refractivity contribution in [3.05, 3.63) is 24.3 Å². The predicted molar refractivity (Wildman–Crippen MR) is 51.5 cm³/mol. The van der Waals surface area contributed by atoms with Gasteiger partial charge in [-0.3, -0.25) is 0 Å². The molecule has 1 rings (SSSR count). The molecule has 0 fully saturated rings. The molecule has 0 bridgehead atoms. The molecule has 0 saturated heterocycles. The van der Waals surface area contributed by atoms with E-state index in [1.54, 1.807) is 19.2 Å². The summed E-state index contributed by atoms with van der Waals surface area (Å²) in [6.07, 6.45) is 1.45. The van der Waals surface area contributed by atoms with Gasteiger partial charge in [0, 0.05) is 0 Å². The zero-order valence-electron chi connectivity index (χ0n) is 7.90. The van der Waals surface area contributed by atoms with Crippen LogP contribution in [-0.4, -0.2) is 26.3 Å². The molecule has 0 saturated carbocycles. The zero-order chi connectivity index (χ0) is 10.2. The number of ether oxygens (including phenoxy) is 2. The van der Waals surface area contributed by atoms with Gasteiger partial charge in [0.05, 0.1) is 13.7 Å². The minimum absolute atomic E-state index is 0.307. The molecule has 0 aliphatic carbocycles. The van der Waals surface area contributed by atoms with Gasteiger partial charge < -0.3 is 9.47 Å². The van der Waals surface area contributed by atoms with E-state index >= 15 is 0 Å². The summed E-state index contributed by atoms with van der Waals surface area (Å²) in [7, 11) is 1.58. The van der Waals surface area contributed by atoms with Crippen LogP contribution < -0.4 is 9.47 Å². The third-order valence-electron chi connectivity index (χ3n) is 1.59. The second-order valence-electron chi connectivity index (χ2n) is 2.47. The van der Waals surface area contributed by atoms with Crippen molar-refractivity contribution >= 4 is 6.08 Å². The number of rotatable bonds is 5. The molecule has 0 amide bonds. The van der Waals surface area contributed by atoms with Gasteiger partial charge in [0.1, 0.15) is 6.61 Å². The van der Waals surface area contributed by atoms with Gasteiger partial charge in [0.15, 0.2) is 11.5 Å². The van der Waals surface area contributed by atoms with E-state index in [9.17, 15) is 4.79 Å². The highest BCUT2D eigenvalue weighted by molar-refractivity contribution is 5.39. The topological polar surface area (TPSA) is 47.9 Å². The van der Waals surface area contributed by atoms with Crippen molar-refractivity contribution in [2.45, 2.75) is 0 Å². The molecule has 0 radical (unpaired) electrons. The van der Waals surface area contributed by atoms with Crippen molar-refractivity contribution in [3.8, 4) is 11.5 Å². The van der Waals surface area contributed by atoms with Gasteiger partial charge in [-0.15, -0.1) is 0 Å². The first-order valence-corrected chi connectivity index (χ1v) is 4.18. The van der Waals surface area contributed by atoms with E-state index in [0.29, 0.717) is 24.7 Å². The molecule has 1 aromatic rings. The summed E-state index contributed by atoms with van der Waals surface area (Å²) in [4.78, 5) is 13.1. The maximum absolute atomic E-state index is 9.77. The summed E-state index contributed by atoms with van der Waals surface area (Å²) in [5, 5.41) is 0. The van der Waals surface area contributed by atoms with Crippen LogP contribution in [0.2, 0.25) is 0 Å². The minimum Gasteiger partial charge on any atom is -0.493 e. The molecular formula is C10H11NO3. The predicted octanol–water partition coefficient (Wildman–Crippen LogP) is 1.41. The molecule has 0 aliphatic heterocycles. The van der Waals surface area contributed by atoms with Crippen molar-refractivity contribution in [2.75, 3.05) is 20.3 Å². The van der Waals surface area contributed by atoms with E-state index in [0.717, 1.165) is 0 Å². The van der Waals surface area contributed by atoms with Gasteiger partial charge in [-0.25, -0.2) is 9.79 Å². The fourth-order valence-corrected chi connectivity index (χ4v) is 0.985. The summed E-state index contributed by atoms with van der Waals surface area (Å²) < 4.78 is 10.4. The normalized spacial score (nSPS) is 8.93. The maximum atomic E-state index is 9.77. The first-order valence-electron chi connectivity index (χ1n) is 4.18.